The molecule has 0 saturated heterocycles. The van der Waals surface area contributed by atoms with E-state index in [0.29, 0.717) is 12.0 Å². The van der Waals surface area contributed by atoms with Gasteiger partial charge in [-0.2, -0.15) is 5.10 Å². The third-order valence-electron chi connectivity index (χ3n) is 3.26. The van der Waals surface area contributed by atoms with Crippen molar-refractivity contribution >= 4 is 17.2 Å². The summed E-state index contributed by atoms with van der Waals surface area (Å²) < 4.78 is 1.66. The number of carbonyl (C=O) groups is 1. The average molecular weight is 307 g/mol. The van der Waals surface area contributed by atoms with Crippen LogP contribution < -0.4 is 5.32 Å². The van der Waals surface area contributed by atoms with Gasteiger partial charge in [0, 0.05) is 24.7 Å². The van der Waals surface area contributed by atoms with E-state index in [-0.39, 0.29) is 24.5 Å². The molecular formula is C15H21N3O2S. The van der Waals surface area contributed by atoms with Gasteiger partial charge in [-0.3, -0.25) is 9.48 Å². The highest BCUT2D eigenvalue weighted by atomic mass is 32.1. The van der Waals surface area contributed by atoms with Gasteiger partial charge in [0.05, 0.1) is 17.3 Å². The maximum atomic E-state index is 12.5. The number of hydrogen-bond donors (Lipinski definition) is 2. The Kier molecular flexibility index (Phi) is 5.14. The lowest BCUT2D eigenvalue weighted by atomic mass is 10.1. The molecule has 1 unspecified atom stereocenters. The normalized spacial score (nSPS) is 12.6. The molecule has 2 heterocycles. The topological polar surface area (TPSA) is 67.2 Å². The second kappa shape index (κ2) is 6.87. The summed E-state index contributed by atoms with van der Waals surface area (Å²) in [6, 6.07) is 3.75. The van der Waals surface area contributed by atoms with Crippen LogP contribution in [0.25, 0.3) is 0 Å². The van der Waals surface area contributed by atoms with Gasteiger partial charge in [-0.1, -0.05) is 19.9 Å². The van der Waals surface area contributed by atoms with Gasteiger partial charge >= 0.3 is 0 Å². The Hall–Kier alpha value is -1.66. The number of rotatable bonds is 6. The van der Waals surface area contributed by atoms with E-state index in [2.05, 4.69) is 10.4 Å². The summed E-state index contributed by atoms with van der Waals surface area (Å²) in [5.74, 6) is 0.0450. The number of nitrogens with one attached hydrogen (secondary N) is 1. The fourth-order valence-corrected chi connectivity index (χ4v) is 3.06. The molecule has 0 fully saturated rings. The first kappa shape index (κ1) is 15.7. The number of aromatic nitrogens is 2. The van der Waals surface area contributed by atoms with Crippen LogP contribution in [0.5, 0.6) is 0 Å². The first-order valence-electron chi connectivity index (χ1n) is 7.01. The Morgan fingerprint density at radius 3 is 2.86 bits per heavy atom. The highest BCUT2D eigenvalue weighted by Crippen LogP contribution is 2.23. The van der Waals surface area contributed by atoms with Crippen LogP contribution in [-0.2, 0) is 7.05 Å². The number of aliphatic hydroxyl groups is 1. The smallest absolute Gasteiger partial charge is 0.255 e. The van der Waals surface area contributed by atoms with E-state index < -0.39 is 0 Å². The van der Waals surface area contributed by atoms with Gasteiger partial charge < -0.3 is 10.4 Å². The SMILES string of the molecule is CC(C)c1nn(C)cc1C(=O)NC(CCO)c1cccs1. The predicted molar refractivity (Wildman–Crippen MR) is 83.5 cm³/mol. The molecule has 1 amide bonds. The number of nitrogens with zero attached hydrogens (tertiary/aromatic N) is 2. The zero-order valence-corrected chi connectivity index (χ0v) is 13.4. The number of thiophene rings is 1. The molecule has 0 aliphatic carbocycles. The molecule has 2 aromatic heterocycles. The Bertz CT molecular complexity index is 590. The Balaban J connectivity index is 2.19. The number of carbonyl (C=O) groups excluding carboxylic acids is 1. The third-order valence-corrected chi connectivity index (χ3v) is 4.24. The monoisotopic (exact) mass is 307 g/mol. The molecule has 0 bridgehead atoms. The minimum absolute atomic E-state index is 0.0346. The Morgan fingerprint density at radius 2 is 2.29 bits per heavy atom. The minimum Gasteiger partial charge on any atom is -0.396 e. The van der Waals surface area contributed by atoms with E-state index >= 15 is 0 Å². The van der Waals surface area contributed by atoms with Crippen molar-refractivity contribution in [1.29, 1.82) is 0 Å². The molecule has 0 aromatic carbocycles. The highest BCUT2D eigenvalue weighted by molar-refractivity contribution is 7.10. The number of aryl methyl sites for hydroxylation is 1. The van der Waals surface area contributed by atoms with Crippen LogP contribution >= 0.6 is 11.3 Å². The molecule has 0 saturated carbocycles. The van der Waals surface area contributed by atoms with E-state index in [4.69, 9.17) is 0 Å². The molecule has 21 heavy (non-hydrogen) atoms. The van der Waals surface area contributed by atoms with E-state index in [1.807, 2.05) is 38.4 Å². The minimum atomic E-state index is -0.164. The second-order valence-electron chi connectivity index (χ2n) is 5.31. The zero-order valence-electron chi connectivity index (χ0n) is 12.5. The summed E-state index contributed by atoms with van der Waals surface area (Å²) >= 11 is 1.58. The van der Waals surface area contributed by atoms with Crippen LogP contribution in [0.15, 0.2) is 23.7 Å². The lowest BCUT2D eigenvalue weighted by Crippen LogP contribution is -2.29. The van der Waals surface area contributed by atoms with E-state index in [0.717, 1.165) is 10.6 Å². The molecule has 2 rings (SSSR count). The summed E-state index contributed by atoms with van der Waals surface area (Å²) in [4.78, 5) is 13.6. The molecule has 2 N–H and O–H groups in total. The largest absolute Gasteiger partial charge is 0.396 e. The fourth-order valence-electron chi connectivity index (χ4n) is 2.25. The number of hydrogen-bond acceptors (Lipinski definition) is 4. The van der Waals surface area contributed by atoms with Crippen LogP contribution in [0.2, 0.25) is 0 Å². The van der Waals surface area contributed by atoms with Gasteiger partial charge in [0.15, 0.2) is 0 Å². The summed E-state index contributed by atoms with van der Waals surface area (Å²) in [6.07, 6.45) is 2.25. The van der Waals surface area contributed by atoms with Crippen molar-refractivity contribution in [2.24, 2.45) is 7.05 Å². The van der Waals surface area contributed by atoms with Crippen LogP contribution in [0.4, 0.5) is 0 Å². The molecule has 1 atom stereocenters. The molecule has 0 aliphatic rings. The van der Waals surface area contributed by atoms with Crippen LogP contribution in [0.1, 0.15) is 53.2 Å². The molecule has 0 spiro atoms. The fraction of sp³-hybridized carbons (Fsp3) is 0.467. The summed E-state index contributed by atoms with van der Waals surface area (Å²) in [5, 5.41) is 18.5. The third kappa shape index (κ3) is 3.71. The first-order valence-corrected chi connectivity index (χ1v) is 7.89. The summed E-state index contributed by atoms with van der Waals surface area (Å²) in [7, 11) is 1.81. The van der Waals surface area contributed by atoms with Crippen LogP contribution in [-0.4, -0.2) is 27.4 Å². The zero-order chi connectivity index (χ0) is 15.4. The van der Waals surface area contributed by atoms with Crippen molar-refractivity contribution < 1.29 is 9.90 Å². The molecule has 5 nitrogen and oxygen atoms in total. The lowest BCUT2D eigenvalue weighted by molar-refractivity contribution is 0.0929. The van der Waals surface area contributed by atoms with Gasteiger partial charge in [0.1, 0.15) is 0 Å². The van der Waals surface area contributed by atoms with E-state index in [1.54, 1.807) is 22.2 Å². The molecule has 6 heteroatoms. The predicted octanol–water partition coefficient (Wildman–Crippen LogP) is 2.46. The lowest BCUT2D eigenvalue weighted by Gasteiger charge is -2.16. The number of aliphatic hydroxyl groups excluding tert-OH is 1. The van der Waals surface area contributed by atoms with Crippen molar-refractivity contribution in [3.05, 3.63) is 39.8 Å². The van der Waals surface area contributed by atoms with Gasteiger partial charge in [-0.15, -0.1) is 11.3 Å². The first-order chi connectivity index (χ1) is 10.0. The Labute approximate surface area is 128 Å². The summed E-state index contributed by atoms with van der Waals surface area (Å²) in [6.45, 7) is 4.07. The quantitative estimate of drug-likeness (QED) is 0.861. The van der Waals surface area contributed by atoms with Crippen molar-refractivity contribution in [3.63, 3.8) is 0 Å². The maximum absolute atomic E-state index is 12.5. The van der Waals surface area contributed by atoms with Crippen molar-refractivity contribution in [1.82, 2.24) is 15.1 Å². The van der Waals surface area contributed by atoms with Gasteiger partial charge in [0.25, 0.3) is 5.91 Å². The molecule has 0 aliphatic heterocycles. The maximum Gasteiger partial charge on any atom is 0.255 e. The van der Waals surface area contributed by atoms with Crippen molar-refractivity contribution in [3.8, 4) is 0 Å². The van der Waals surface area contributed by atoms with E-state index in [1.165, 1.54) is 0 Å². The van der Waals surface area contributed by atoms with Gasteiger partial charge in [0.2, 0.25) is 0 Å². The Morgan fingerprint density at radius 1 is 1.52 bits per heavy atom. The molecule has 114 valence electrons. The van der Waals surface area contributed by atoms with Gasteiger partial charge in [-0.25, -0.2) is 0 Å². The standard InChI is InChI=1S/C15H21N3O2S/c1-10(2)14-11(9-18(3)17-14)15(20)16-12(6-7-19)13-5-4-8-21-13/h4-5,8-10,12,19H,6-7H2,1-3H3,(H,16,20). The highest BCUT2D eigenvalue weighted by Gasteiger charge is 2.21. The average Bonchev–Trinajstić information content (AvgIpc) is 3.06. The van der Waals surface area contributed by atoms with Crippen molar-refractivity contribution in [2.45, 2.75) is 32.2 Å². The molecular weight excluding hydrogens is 286 g/mol. The molecule has 0 radical (unpaired) electrons. The van der Waals surface area contributed by atoms with E-state index in [9.17, 15) is 9.90 Å². The van der Waals surface area contributed by atoms with Crippen molar-refractivity contribution in [2.75, 3.05) is 6.61 Å². The summed E-state index contributed by atoms with van der Waals surface area (Å²) in [5.41, 5.74) is 1.40. The van der Waals surface area contributed by atoms with Gasteiger partial charge in [-0.05, 0) is 23.8 Å². The molecule has 2 aromatic rings. The number of amides is 1. The van der Waals surface area contributed by atoms with Crippen LogP contribution in [0.3, 0.4) is 0 Å². The second-order valence-corrected chi connectivity index (χ2v) is 6.29. The van der Waals surface area contributed by atoms with Crippen LogP contribution in [0, 0.1) is 0 Å².